The van der Waals surface area contributed by atoms with Crippen molar-refractivity contribution in [2.75, 3.05) is 20.8 Å². The van der Waals surface area contributed by atoms with Gasteiger partial charge in [-0.25, -0.2) is 4.79 Å². The zero-order valence-electron chi connectivity index (χ0n) is 15.0. The van der Waals surface area contributed by atoms with Gasteiger partial charge < -0.3 is 19.3 Å². The van der Waals surface area contributed by atoms with Gasteiger partial charge in [-0.2, -0.15) is 0 Å². The number of hydrogen-bond acceptors (Lipinski definition) is 5. The number of carbonyl (C=O) groups excluding carboxylic acids is 1. The molecule has 0 amide bonds. The average molecular weight is 334 g/mol. The van der Waals surface area contributed by atoms with E-state index >= 15 is 0 Å². The van der Waals surface area contributed by atoms with Crippen LogP contribution in [0.15, 0.2) is 41.5 Å². The quantitative estimate of drug-likeness (QED) is 0.582. The van der Waals surface area contributed by atoms with Crippen molar-refractivity contribution in [1.82, 2.24) is 0 Å². The molecule has 0 aromatic heterocycles. The molecule has 1 aromatic rings. The summed E-state index contributed by atoms with van der Waals surface area (Å²) in [6, 6.07) is 4.86. The lowest BCUT2D eigenvalue weighted by molar-refractivity contribution is 0.0548. The predicted octanol–water partition coefficient (Wildman–Crippen LogP) is 3.52. The first-order valence-electron chi connectivity index (χ1n) is 7.75. The van der Waals surface area contributed by atoms with Gasteiger partial charge in [-0.15, -0.1) is 0 Å². The summed E-state index contributed by atoms with van der Waals surface area (Å²) in [5, 5.41) is 9.83. The Bertz CT molecular complexity index is 612. The Hall–Kier alpha value is -2.27. The van der Waals surface area contributed by atoms with Gasteiger partial charge >= 0.3 is 5.97 Å². The maximum absolute atomic E-state index is 12.1. The zero-order chi connectivity index (χ0) is 18.1. The number of hydrogen-bond donors (Lipinski definition) is 1. The average Bonchev–Trinajstić information content (AvgIpc) is 2.52. The van der Waals surface area contributed by atoms with Crippen LogP contribution in [0.4, 0.5) is 0 Å². The van der Waals surface area contributed by atoms with Crippen LogP contribution in [0.2, 0.25) is 0 Å². The number of benzene rings is 1. The number of rotatable bonds is 8. The highest BCUT2D eigenvalue weighted by Crippen LogP contribution is 2.27. The molecule has 1 atom stereocenters. The van der Waals surface area contributed by atoms with Crippen molar-refractivity contribution < 1.29 is 24.1 Å². The number of aliphatic hydroxyl groups excluding tert-OH is 1. The van der Waals surface area contributed by atoms with Crippen LogP contribution in [0, 0.1) is 0 Å². The lowest BCUT2D eigenvalue weighted by Crippen LogP contribution is -2.07. The van der Waals surface area contributed by atoms with Crippen molar-refractivity contribution in [3.8, 4) is 11.5 Å². The van der Waals surface area contributed by atoms with Crippen LogP contribution in [0.1, 0.15) is 37.6 Å². The second-order valence-electron chi connectivity index (χ2n) is 5.73. The van der Waals surface area contributed by atoms with E-state index in [0.717, 1.165) is 11.1 Å². The van der Waals surface area contributed by atoms with Crippen LogP contribution < -0.4 is 9.47 Å². The highest BCUT2D eigenvalue weighted by molar-refractivity contribution is 5.90. The summed E-state index contributed by atoms with van der Waals surface area (Å²) < 4.78 is 15.5. The molecule has 0 fully saturated rings. The standard InChI is InChI=1S/C19H26O5/c1-13(2)10-16(20)11-14(3)8-9-24-19(21)15-6-7-17(22-4)18(12-15)23-5/h6-8,10,12,16,20H,9,11H2,1-5H3/t16-/m0/s1. The van der Waals surface area contributed by atoms with E-state index in [2.05, 4.69) is 0 Å². The number of allylic oxidation sites excluding steroid dienone is 1. The molecule has 132 valence electrons. The van der Waals surface area contributed by atoms with Crippen LogP contribution >= 0.6 is 0 Å². The van der Waals surface area contributed by atoms with E-state index in [1.165, 1.54) is 14.2 Å². The van der Waals surface area contributed by atoms with Crippen LogP contribution in [-0.4, -0.2) is 38.0 Å². The Labute approximate surface area is 143 Å². The second-order valence-corrected chi connectivity index (χ2v) is 5.73. The van der Waals surface area contributed by atoms with Gasteiger partial charge in [-0.1, -0.05) is 17.2 Å². The highest BCUT2D eigenvalue weighted by Gasteiger charge is 2.11. The highest BCUT2D eigenvalue weighted by atomic mass is 16.5. The van der Waals surface area contributed by atoms with Gasteiger partial charge in [-0.05, 0) is 51.5 Å². The lowest BCUT2D eigenvalue weighted by atomic mass is 10.1. The number of esters is 1. The van der Waals surface area contributed by atoms with Gasteiger partial charge in [-0.3, -0.25) is 0 Å². The largest absolute Gasteiger partial charge is 0.493 e. The number of aliphatic hydroxyl groups is 1. The van der Waals surface area contributed by atoms with E-state index in [-0.39, 0.29) is 6.61 Å². The first-order chi connectivity index (χ1) is 11.4. The fourth-order valence-electron chi connectivity index (χ4n) is 2.16. The number of methoxy groups -OCH3 is 2. The SMILES string of the molecule is COc1ccc(C(=O)OCC=C(C)C[C@@H](O)C=C(C)C)cc1OC. The van der Waals surface area contributed by atoms with E-state index < -0.39 is 12.1 Å². The van der Waals surface area contributed by atoms with Gasteiger partial charge in [0.1, 0.15) is 6.61 Å². The third-order valence-electron chi connectivity index (χ3n) is 3.32. The summed E-state index contributed by atoms with van der Waals surface area (Å²) in [4.78, 5) is 12.1. The molecule has 0 heterocycles. The fraction of sp³-hybridized carbons (Fsp3) is 0.421. The minimum absolute atomic E-state index is 0.153. The first-order valence-corrected chi connectivity index (χ1v) is 7.75. The molecule has 1 rings (SSSR count). The molecule has 24 heavy (non-hydrogen) atoms. The minimum Gasteiger partial charge on any atom is -0.493 e. The molecule has 1 aromatic carbocycles. The molecule has 0 aliphatic rings. The molecular formula is C19H26O5. The Morgan fingerprint density at radius 1 is 1.17 bits per heavy atom. The monoisotopic (exact) mass is 334 g/mol. The molecule has 5 heteroatoms. The summed E-state index contributed by atoms with van der Waals surface area (Å²) in [5.41, 5.74) is 2.42. The minimum atomic E-state index is -0.521. The summed E-state index contributed by atoms with van der Waals surface area (Å²) in [6.45, 7) is 5.92. The van der Waals surface area contributed by atoms with E-state index in [1.54, 1.807) is 30.4 Å². The van der Waals surface area contributed by atoms with E-state index in [4.69, 9.17) is 14.2 Å². The second kappa shape index (κ2) is 9.78. The van der Waals surface area contributed by atoms with Crippen LogP contribution in [0.5, 0.6) is 11.5 Å². The Morgan fingerprint density at radius 3 is 2.42 bits per heavy atom. The number of carbonyl (C=O) groups is 1. The van der Waals surface area contributed by atoms with Crippen LogP contribution in [0.25, 0.3) is 0 Å². The van der Waals surface area contributed by atoms with Crippen molar-refractivity contribution in [1.29, 1.82) is 0 Å². The first kappa shape index (κ1) is 19.8. The van der Waals surface area contributed by atoms with Crippen LogP contribution in [-0.2, 0) is 4.74 Å². The van der Waals surface area contributed by atoms with E-state index in [1.807, 2.05) is 20.8 Å². The normalized spacial score (nSPS) is 12.3. The van der Waals surface area contributed by atoms with Crippen molar-refractivity contribution in [3.05, 3.63) is 47.1 Å². The lowest BCUT2D eigenvalue weighted by Gasteiger charge is -2.10. The fourth-order valence-corrected chi connectivity index (χ4v) is 2.16. The third kappa shape index (κ3) is 6.46. The molecule has 5 nitrogen and oxygen atoms in total. The molecule has 0 unspecified atom stereocenters. The van der Waals surface area contributed by atoms with Gasteiger partial charge in [0, 0.05) is 0 Å². The summed E-state index contributed by atoms with van der Waals surface area (Å²) >= 11 is 0. The Kier molecular flexibility index (Phi) is 8.06. The molecule has 0 bridgehead atoms. The molecule has 0 radical (unpaired) electrons. The van der Waals surface area contributed by atoms with Crippen molar-refractivity contribution >= 4 is 5.97 Å². The maximum atomic E-state index is 12.1. The third-order valence-corrected chi connectivity index (χ3v) is 3.32. The van der Waals surface area contributed by atoms with Crippen molar-refractivity contribution in [2.45, 2.75) is 33.3 Å². The Balaban J connectivity index is 2.60. The molecule has 0 aliphatic carbocycles. The smallest absolute Gasteiger partial charge is 0.338 e. The van der Waals surface area contributed by atoms with Crippen molar-refractivity contribution in [2.24, 2.45) is 0 Å². The molecule has 0 saturated carbocycles. The summed E-state index contributed by atoms with van der Waals surface area (Å²) in [5.74, 6) is 0.589. The van der Waals surface area contributed by atoms with Crippen molar-refractivity contribution in [3.63, 3.8) is 0 Å². The van der Waals surface area contributed by atoms with E-state index in [9.17, 15) is 9.90 Å². The van der Waals surface area contributed by atoms with Gasteiger partial charge in [0.2, 0.25) is 0 Å². The number of ether oxygens (including phenoxy) is 3. The molecular weight excluding hydrogens is 308 g/mol. The molecule has 0 aliphatic heterocycles. The maximum Gasteiger partial charge on any atom is 0.338 e. The van der Waals surface area contributed by atoms with Gasteiger partial charge in [0.25, 0.3) is 0 Å². The zero-order valence-corrected chi connectivity index (χ0v) is 15.0. The Morgan fingerprint density at radius 2 is 1.83 bits per heavy atom. The summed E-state index contributed by atoms with van der Waals surface area (Å²) in [6.07, 6.45) is 3.58. The summed E-state index contributed by atoms with van der Waals surface area (Å²) in [7, 11) is 3.05. The topological polar surface area (TPSA) is 65.0 Å². The van der Waals surface area contributed by atoms with Crippen LogP contribution in [0.3, 0.4) is 0 Å². The van der Waals surface area contributed by atoms with Gasteiger partial charge in [0.15, 0.2) is 11.5 Å². The molecule has 0 saturated heterocycles. The molecule has 0 spiro atoms. The van der Waals surface area contributed by atoms with Gasteiger partial charge in [0.05, 0.1) is 25.9 Å². The molecule has 1 N–H and O–H groups in total. The van der Waals surface area contributed by atoms with E-state index in [0.29, 0.717) is 23.5 Å². The predicted molar refractivity (Wildman–Crippen MR) is 93.6 cm³/mol.